The van der Waals surface area contributed by atoms with Crippen molar-refractivity contribution < 1.29 is 4.79 Å². The lowest BCUT2D eigenvalue weighted by Gasteiger charge is -2.13. The maximum atomic E-state index is 12.8. The van der Waals surface area contributed by atoms with Crippen LogP contribution in [0.5, 0.6) is 0 Å². The fourth-order valence-electron chi connectivity index (χ4n) is 3.59. The summed E-state index contributed by atoms with van der Waals surface area (Å²) in [5.41, 5.74) is 1.31. The first kappa shape index (κ1) is 18.9. The van der Waals surface area contributed by atoms with Crippen LogP contribution >= 0.6 is 0 Å². The molecule has 0 bridgehead atoms. The lowest BCUT2D eigenvalue weighted by Crippen LogP contribution is -2.32. The molecule has 4 aromatic rings. The van der Waals surface area contributed by atoms with Crippen molar-refractivity contribution in [3.63, 3.8) is 0 Å². The molecule has 0 spiro atoms. The van der Waals surface area contributed by atoms with Gasteiger partial charge < -0.3 is 9.88 Å². The Balaban J connectivity index is 1.49. The van der Waals surface area contributed by atoms with E-state index in [1.165, 1.54) is 15.6 Å². The first-order valence-corrected chi connectivity index (χ1v) is 9.90. The first-order chi connectivity index (χ1) is 14.1. The number of nitrogens with zero attached hydrogens (tertiary/aromatic N) is 3. The van der Waals surface area contributed by atoms with Crippen molar-refractivity contribution >= 4 is 27.6 Å². The highest BCUT2D eigenvalue weighted by Crippen LogP contribution is 2.16. The number of amides is 1. The summed E-state index contributed by atoms with van der Waals surface area (Å²) < 4.78 is 3.57. The van der Waals surface area contributed by atoms with Crippen LogP contribution in [0.1, 0.15) is 36.8 Å². The van der Waals surface area contributed by atoms with Crippen LogP contribution < -0.4 is 10.9 Å². The van der Waals surface area contributed by atoms with Crippen LogP contribution in [0.2, 0.25) is 0 Å². The minimum absolute atomic E-state index is 0.124. The smallest absolute Gasteiger partial charge is 0.274 e. The average Bonchev–Trinajstić information content (AvgIpc) is 3.14. The molecule has 0 fully saturated rings. The van der Waals surface area contributed by atoms with Gasteiger partial charge in [0, 0.05) is 30.2 Å². The predicted octanol–water partition coefficient (Wildman–Crippen LogP) is 3.75. The Bertz CT molecular complexity index is 1240. The second kappa shape index (κ2) is 7.91. The highest BCUT2D eigenvalue weighted by molar-refractivity contribution is 6.04. The topological polar surface area (TPSA) is 68.9 Å². The van der Waals surface area contributed by atoms with Crippen molar-refractivity contribution in [1.82, 2.24) is 19.7 Å². The summed E-state index contributed by atoms with van der Waals surface area (Å²) in [7, 11) is 0. The third-order valence-corrected chi connectivity index (χ3v) is 5.07. The molecule has 2 aromatic heterocycles. The van der Waals surface area contributed by atoms with E-state index in [4.69, 9.17) is 0 Å². The van der Waals surface area contributed by atoms with Crippen LogP contribution in [0.4, 0.5) is 0 Å². The first-order valence-electron chi connectivity index (χ1n) is 9.90. The molecule has 29 heavy (non-hydrogen) atoms. The quantitative estimate of drug-likeness (QED) is 0.512. The average molecular weight is 388 g/mol. The molecule has 6 nitrogen and oxygen atoms in total. The van der Waals surface area contributed by atoms with Gasteiger partial charge in [-0.05, 0) is 43.9 Å². The van der Waals surface area contributed by atoms with E-state index in [-0.39, 0.29) is 17.5 Å². The summed E-state index contributed by atoms with van der Waals surface area (Å²) in [5.74, 6) is -0.257. The van der Waals surface area contributed by atoms with Gasteiger partial charge in [0.25, 0.3) is 11.5 Å². The number of hydrogen-bond acceptors (Lipinski definition) is 3. The highest BCUT2D eigenvalue weighted by Gasteiger charge is 2.17. The van der Waals surface area contributed by atoms with Crippen molar-refractivity contribution in [3.8, 4) is 0 Å². The highest BCUT2D eigenvalue weighted by atomic mass is 16.2. The second-order valence-electron chi connectivity index (χ2n) is 7.42. The zero-order valence-corrected chi connectivity index (χ0v) is 16.6. The van der Waals surface area contributed by atoms with E-state index in [1.54, 1.807) is 18.2 Å². The number of aromatic nitrogens is 3. The summed E-state index contributed by atoms with van der Waals surface area (Å²) in [4.78, 5) is 25.4. The van der Waals surface area contributed by atoms with Gasteiger partial charge in [0.1, 0.15) is 0 Å². The maximum absolute atomic E-state index is 12.8. The van der Waals surface area contributed by atoms with Gasteiger partial charge in [0.05, 0.1) is 11.4 Å². The minimum Gasteiger partial charge on any atom is -0.351 e. The van der Waals surface area contributed by atoms with Gasteiger partial charge in [-0.25, -0.2) is 4.68 Å². The number of carbonyl (C=O) groups is 1. The predicted molar refractivity (Wildman–Crippen MR) is 115 cm³/mol. The molecule has 2 heterocycles. The monoisotopic (exact) mass is 388 g/mol. The summed E-state index contributed by atoms with van der Waals surface area (Å²) in [6, 6.07) is 17.4. The van der Waals surface area contributed by atoms with Gasteiger partial charge in [-0.15, -0.1) is 0 Å². The molecule has 0 unspecified atom stereocenters. The minimum atomic E-state index is -0.257. The summed E-state index contributed by atoms with van der Waals surface area (Å²) in [5, 5.41) is 9.63. The third-order valence-electron chi connectivity index (χ3n) is 5.07. The van der Waals surface area contributed by atoms with E-state index in [0.29, 0.717) is 23.0 Å². The van der Waals surface area contributed by atoms with Crippen LogP contribution in [0, 0.1) is 0 Å². The molecule has 0 saturated heterocycles. The molecular formula is C23H24N4O2. The van der Waals surface area contributed by atoms with E-state index in [2.05, 4.69) is 39.4 Å². The normalized spacial score (nSPS) is 11.4. The molecule has 0 aliphatic heterocycles. The summed E-state index contributed by atoms with van der Waals surface area (Å²) >= 11 is 0. The number of rotatable bonds is 6. The van der Waals surface area contributed by atoms with Crippen LogP contribution in [0.3, 0.4) is 0 Å². The molecule has 2 aromatic carbocycles. The Labute approximate surface area is 168 Å². The molecule has 148 valence electrons. The van der Waals surface area contributed by atoms with Crippen LogP contribution in [-0.2, 0) is 6.54 Å². The zero-order valence-electron chi connectivity index (χ0n) is 16.6. The van der Waals surface area contributed by atoms with Crippen molar-refractivity contribution in [1.29, 1.82) is 0 Å². The molecule has 0 aliphatic rings. The third kappa shape index (κ3) is 3.66. The number of hydrogen-bond donors (Lipinski definition) is 1. The van der Waals surface area contributed by atoms with E-state index >= 15 is 0 Å². The fraction of sp³-hybridized carbons (Fsp3) is 0.261. The molecule has 1 amide bonds. The van der Waals surface area contributed by atoms with Crippen LogP contribution in [-0.4, -0.2) is 26.8 Å². The van der Waals surface area contributed by atoms with Crippen molar-refractivity contribution in [3.05, 3.63) is 76.8 Å². The van der Waals surface area contributed by atoms with Gasteiger partial charge in [-0.3, -0.25) is 9.59 Å². The number of benzene rings is 2. The van der Waals surface area contributed by atoms with Crippen molar-refractivity contribution in [2.24, 2.45) is 0 Å². The van der Waals surface area contributed by atoms with Crippen molar-refractivity contribution in [2.45, 2.75) is 32.9 Å². The second-order valence-corrected chi connectivity index (χ2v) is 7.42. The van der Waals surface area contributed by atoms with Crippen LogP contribution in [0.15, 0.2) is 65.6 Å². The molecular weight excluding hydrogens is 364 g/mol. The largest absolute Gasteiger partial charge is 0.351 e. The Morgan fingerprint density at radius 1 is 1.03 bits per heavy atom. The van der Waals surface area contributed by atoms with Gasteiger partial charge >= 0.3 is 0 Å². The molecule has 0 aliphatic carbocycles. The molecule has 6 heteroatoms. The zero-order chi connectivity index (χ0) is 20.4. The Morgan fingerprint density at radius 2 is 1.76 bits per heavy atom. The Kier molecular flexibility index (Phi) is 5.16. The van der Waals surface area contributed by atoms with Crippen molar-refractivity contribution in [2.75, 3.05) is 6.54 Å². The number of carbonyl (C=O) groups excluding carboxylic acids is 1. The Morgan fingerprint density at radius 3 is 2.55 bits per heavy atom. The number of aryl methyl sites for hydroxylation is 1. The lowest BCUT2D eigenvalue weighted by molar-refractivity contribution is 0.0947. The van der Waals surface area contributed by atoms with Gasteiger partial charge in [0.2, 0.25) is 0 Å². The number of nitrogens with one attached hydrogen (secondary N) is 1. The number of fused-ring (bicyclic) bond motifs is 2. The molecule has 0 radical (unpaired) electrons. The van der Waals surface area contributed by atoms with Crippen LogP contribution in [0.25, 0.3) is 21.7 Å². The number of para-hydroxylation sites is 1. The maximum Gasteiger partial charge on any atom is 0.274 e. The molecule has 0 atom stereocenters. The van der Waals surface area contributed by atoms with Gasteiger partial charge in [-0.2, -0.15) is 5.10 Å². The summed E-state index contributed by atoms with van der Waals surface area (Å²) in [6.45, 7) is 5.11. The van der Waals surface area contributed by atoms with E-state index < -0.39 is 0 Å². The SMILES string of the molecule is CC(C)n1nc(C(=O)NCCCn2ccc3ccccc32)c2ccccc2c1=O. The molecule has 4 rings (SSSR count). The van der Waals surface area contributed by atoms with E-state index in [9.17, 15) is 9.59 Å². The molecule has 1 N–H and O–H groups in total. The summed E-state index contributed by atoms with van der Waals surface area (Å²) in [6.07, 6.45) is 2.87. The lowest BCUT2D eigenvalue weighted by atomic mass is 10.1. The van der Waals surface area contributed by atoms with E-state index in [0.717, 1.165) is 13.0 Å². The fourth-order valence-corrected chi connectivity index (χ4v) is 3.59. The standard InChI is InChI=1S/C23H24N4O2/c1-16(2)27-23(29)19-10-5-4-9-18(19)21(25-27)22(28)24-13-7-14-26-15-12-17-8-3-6-11-20(17)26/h3-6,8-12,15-16H,7,13-14H2,1-2H3,(H,24,28). The van der Waals surface area contributed by atoms with Gasteiger partial charge in [-0.1, -0.05) is 36.4 Å². The van der Waals surface area contributed by atoms with Gasteiger partial charge in [0.15, 0.2) is 5.69 Å². The molecule has 0 saturated carbocycles. The Hall–Kier alpha value is -3.41. The van der Waals surface area contributed by atoms with E-state index in [1.807, 2.05) is 32.0 Å².